The second kappa shape index (κ2) is 9.71. The molecule has 1 fully saturated rings. The summed E-state index contributed by atoms with van der Waals surface area (Å²) in [6, 6.07) is 8.15. The number of halogens is 2. The molecule has 0 aliphatic heterocycles. The molecule has 1 aromatic heterocycles. The van der Waals surface area contributed by atoms with Crippen LogP contribution in [-0.2, 0) is 4.74 Å². The summed E-state index contributed by atoms with van der Waals surface area (Å²) >= 11 is 12.0. The molecule has 1 heterocycles. The molecular formula is C20H21Cl2N3O4. The predicted molar refractivity (Wildman–Crippen MR) is 112 cm³/mol. The van der Waals surface area contributed by atoms with Crippen LogP contribution in [0.2, 0.25) is 10.3 Å². The third-order valence-corrected chi connectivity index (χ3v) is 4.83. The Morgan fingerprint density at radius 2 is 1.86 bits per heavy atom. The Labute approximate surface area is 178 Å². The van der Waals surface area contributed by atoms with Crippen molar-refractivity contribution in [2.45, 2.75) is 31.8 Å². The number of hydrogen-bond donors (Lipinski definition) is 2. The molecule has 2 aromatic rings. The lowest BCUT2D eigenvalue weighted by Crippen LogP contribution is -2.15. The van der Waals surface area contributed by atoms with Gasteiger partial charge in [-0.1, -0.05) is 23.2 Å². The lowest BCUT2D eigenvalue weighted by atomic mass is 10.1. The number of nitrogens with two attached hydrogens (primary N) is 1. The van der Waals surface area contributed by atoms with Gasteiger partial charge >= 0.3 is 6.02 Å². The number of rotatable bonds is 6. The molecule has 0 unspecified atom stereocenters. The lowest BCUT2D eigenvalue weighted by Gasteiger charge is -2.17. The van der Waals surface area contributed by atoms with Gasteiger partial charge in [-0.25, -0.2) is 4.98 Å². The van der Waals surface area contributed by atoms with E-state index in [0.717, 1.165) is 25.7 Å². The molecule has 29 heavy (non-hydrogen) atoms. The first-order valence-corrected chi connectivity index (χ1v) is 9.79. The first-order chi connectivity index (χ1) is 14.0. The van der Waals surface area contributed by atoms with E-state index in [0.29, 0.717) is 28.4 Å². The standard InChI is InChI=1S/C20H21Cl2N3O4/c1-27-15-7-6-13(11-17(15)28-14-4-2-3-5-14)16(29-20(23)25-26)8-12-9-18(21)24-19(22)10-12/h6-11,14,26H,2-5H2,1H3,(H2,23,25)/b16-8+. The second-order valence-electron chi connectivity index (χ2n) is 6.48. The van der Waals surface area contributed by atoms with E-state index in [2.05, 4.69) is 10.1 Å². The topological polar surface area (TPSA) is 99.2 Å². The zero-order chi connectivity index (χ0) is 20.8. The molecule has 0 atom stereocenters. The van der Waals surface area contributed by atoms with E-state index in [1.165, 1.54) is 0 Å². The van der Waals surface area contributed by atoms with Gasteiger partial charge in [0.15, 0.2) is 11.5 Å². The minimum atomic E-state index is -0.420. The molecule has 7 nitrogen and oxygen atoms in total. The molecule has 1 aliphatic rings. The van der Waals surface area contributed by atoms with E-state index < -0.39 is 6.02 Å². The van der Waals surface area contributed by atoms with Crippen molar-refractivity contribution in [1.82, 2.24) is 4.98 Å². The third-order valence-electron chi connectivity index (χ3n) is 4.44. The predicted octanol–water partition coefficient (Wildman–Crippen LogP) is 4.94. The lowest BCUT2D eigenvalue weighted by molar-refractivity contribution is 0.200. The number of nitrogens with zero attached hydrogens (tertiary/aromatic N) is 2. The molecule has 0 spiro atoms. The largest absolute Gasteiger partial charge is 0.493 e. The van der Waals surface area contributed by atoms with Crippen molar-refractivity contribution in [3.63, 3.8) is 0 Å². The molecule has 0 bridgehead atoms. The summed E-state index contributed by atoms with van der Waals surface area (Å²) in [6.07, 6.45) is 6.10. The van der Waals surface area contributed by atoms with Gasteiger partial charge in [-0.3, -0.25) is 0 Å². The fourth-order valence-corrected chi connectivity index (χ4v) is 3.61. The number of pyridine rings is 1. The summed E-state index contributed by atoms with van der Waals surface area (Å²) in [7, 11) is 1.58. The van der Waals surface area contributed by atoms with Crippen LogP contribution >= 0.6 is 23.2 Å². The molecule has 1 aliphatic carbocycles. The van der Waals surface area contributed by atoms with Crippen LogP contribution in [-0.4, -0.2) is 29.4 Å². The van der Waals surface area contributed by atoms with Gasteiger partial charge in [0, 0.05) is 5.56 Å². The quantitative estimate of drug-likeness (QED) is 0.166. The Morgan fingerprint density at radius 3 is 2.48 bits per heavy atom. The number of aromatic nitrogens is 1. The fourth-order valence-electron chi connectivity index (χ4n) is 3.13. The summed E-state index contributed by atoms with van der Waals surface area (Å²) in [5.41, 5.74) is 6.83. The molecule has 3 N–H and O–H groups in total. The highest BCUT2D eigenvalue weighted by Gasteiger charge is 2.19. The van der Waals surface area contributed by atoms with Gasteiger partial charge in [0.1, 0.15) is 16.1 Å². The summed E-state index contributed by atoms with van der Waals surface area (Å²) in [4.78, 5) is 3.92. The SMILES string of the molecule is COc1ccc(/C(=C\c2cc(Cl)nc(Cl)c2)OC(N)=NO)cc1OC1CCCC1. The van der Waals surface area contributed by atoms with Crippen molar-refractivity contribution in [3.8, 4) is 11.5 Å². The Morgan fingerprint density at radius 1 is 1.17 bits per heavy atom. The van der Waals surface area contributed by atoms with Crippen molar-refractivity contribution >= 4 is 41.1 Å². The van der Waals surface area contributed by atoms with Gasteiger partial charge < -0.3 is 25.2 Å². The summed E-state index contributed by atoms with van der Waals surface area (Å²) in [6.45, 7) is 0. The average molecular weight is 438 g/mol. The number of amidine groups is 1. The van der Waals surface area contributed by atoms with Gasteiger partial charge in [0.05, 0.1) is 13.2 Å². The minimum Gasteiger partial charge on any atom is -0.493 e. The van der Waals surface area contributed by atoms with Crippen molar-refractivity contribution in [1.29, 1.82) is 0 Å². The van der Waals surface area contributed by atoms with Crippen molar-refractivity contribution in [3.05, 3.63) is 51.8 Å². The first-order valence-electron chi connectivity index (χ1n) is 9.03. The van der Waals surface area contributed by atoms with Crippen molar-refractivity contribution in [2.24, 2.45) is 10.9 Å². The molecule has 1 saturated carbocycles. The van der Waals surface area contributed by atoms with E-state index in [1.54, 1.807) is 43.5 Å². The van der Waals surface area contributed by atoms with Gasteiger partial charge in [0.25, 0.3) is 0 Å². The van der Waals surface area contributed by atoms with Gasteiger partial charge in [-0.05, 0) is 72.8 Å². The highest BCUT2D eigenvalue weighted by molar-refractivity contribution is 6.32. The van der Waals surface area contributed by atoms with Crippen LogP contribution in [0.3, 0.4) is 0 Å². The molecule has 1 aromatic carbocycles. The molecule has 154 valence electrons. The Bertz CT molecular complexity index is 908. The summed E-state index contributed by atoms with van der Waals surface area (Å²) < 4.78 is 17.1. The van der Waals surface area contributed by atoms with Gasteiger partial charge in [-0.15, -0.1) is 0 Å². The molecule has 3 rings (SSSR count). The number of hydrogen-bond acceptors (Lipinski definition) is 6. The van der Waals surface area contributed by atoms with Crippen molar-refractivity contribution in [2.75, 3.05) is 7.11 Å². The first kappa shape index (κ1) is 21.1. The molecular weight excluding hydrogens is 417 g/mol. The van der Waals surface area contributed by atoms with Crippen LogP contribution in [0.15, 0.2) is 35.5 Å². The smallest absolute Gasteiger partial charge is 0.326 e. The van der Waals surface area contributed by atoms with E-state index >= 15 is 0 Å². The normalized spacial score (nSPS) is 15.4. The van der Waals surface area contributed by atoms with Crippen LogP contribution in [0, 0.1) is 0 Å². The highest BCUT2D eigenvalue weighted by atomic mass is 35.5. The van der Waals surface area contributed by atoms with E-state index in [1.807, 2.05) is 0 Å². The maximum absolute atomic E-state index is 8.93. The maximum atomic E-state index is 8.93. The molecule has 0 saturated heterocycles. The Balaban J connectivity index is 2.01. The number of ether oxygens (including phenoxy) is 3. The maximum Gasteiger partial charge on any atom is 0.326 e. The van der Waals surface area contributed by atoms with E-state index in [-0.39, 0.29) is 16.4 Å². The van der Waals surface area contributed by atoms with Crippen molar-refractivity contribution < 1.29 is 19.4 Å². The van der Waals surface area contributed by atoms with E-state index in [9.17, 15) is 0 Å². The van der Waals surface area contributed by atoms with Gasteiger partial charge in [-0.2, -0.15) is 0 Å². The number of oxime groups is 1. The number of benzene rings is 1. The average Bonchev–Trinajstić information content (AvgIpc) is 3.19. The molecule has 9 heteroatoms. The van der Waals surface area contributed by atoms with Crippen LogP contribution in [0.1, 0.15) is 36.8 Å². The Kier molecular flexibility index (Phi) is 7.06. The van der Waals surface area contributed by atoms with Crippen LogP contribution in [0.4, 0.5) is 0 Å². The van der Waals surface area contributed by atoms with E-state index in [4.69, 9.17) is 48.4 Å². The van der Waals surface area contributed by atoms with Gasteiger partial charge in [0.2, 0.25) is 0 Å². The summed E-state index contributed by atoms with van der Waals surface area (Å²) in [5.74, 6) is 1.51. The zero-order valence-electron chi connectivity index (χ0n) is 15.8. The third kappa shape index (κ3) is 5.68. The molecule has 0 radical (unpaired) electrons. The van der Waals surface area contributed by atoms with Crippen LogP contribution < -0.4 is 15.2 Å². The number of methoxy groups -OCH3 is 1. The minimum absolute atomic E-state index is 0.148. The Hall–Kier alpha value is -2.64. The highest BCUT2D eigenvalue weighted by Crippen LogP contribution is 2.35. The monoisotopic (exact) mass is 437 g/mol. The fraction of sp³-hybridized carbons (Fsp3) is 0.300. The molecule has 0 amide bonds. The van der Waals surface area contributed by atoms with Crippen LogP contribution in [0.25, 0.3) is 11.8 Å². The van der Waals surface area contributed by atoms with Crippen LogP contribution in [0.5, 0.6) is 11.5 Å². The second-order valence-corrected chi connectivity index (χ2v) is 7.26. The zero-order valence-corrected chi connectivity index (χ0v) is 17.3. The summed E-state index contributed by atoms with van der Waals surface area (Å²) in [5, 5.41) is 12.3.